The molecule has 1 saturated heterocycles. The van der Waals surface area contributed by atoms with Crippen molar-refractivity contribution in [2.75, 3.05) is 58.2 Å². The van der Waals surface area contributed by atoms with Crippen LogP contribution in [0, 0.1) is 0 Å². The smallest absolute Gasteiger partial charge is 0.235 e. The fourth-order valence-electron chi connectivity index (χ4n) is 1.99. The third-order valence-corrected chi connectivity index (χ3v) is 4.50. The number of hydrogen-bond donors (Lipinski definition) is 3. The van der Waals surface area contributed by atoms with Gasteiger partial charge in [0.25, 0.3) is 0 Å². The molecule has 0 aromatic heterocycles. The van der Waals surface area contributed by atoms with Crippen molar-refractivity contribution in [2.24, 2.45) is 0 Å². The first kappa shape index (κ1) is 19.3. The minimum atomic E-state index is -3.47. The molecule has 9 heteroatoms. The predicted molar refractivity (Wildman–Crippen MR) is 85.2 cm³/mol. The van der Waals surface area contributed by atoms with Gasteiger partial charge >= 0.3 is 0 Å². The standard InChI is InChI=1S/C13H28N4O4S/c1-12(2)21-9-10-22(19,20)16-11-13(18)15-5-8-17-6-3-14-4-7-17/h12,14,16H,3-11H2,1-2H3,(H,15,18). The van der Waals surface area contributed by atoms with Gasteiger partial charge in [0, 0.05) is 39.3 Å². The van der Waals surface area contributed by atoms with Gasteiger partial charge in [-0.2, -0.15) is 0 Å². The van der Waals surface area contributed by atoms with Gasteiger partial charge in [-0.25, -0.2) is 13.1 Å². The van der Waals surface area contributed by atoms with Gasteiger partial charge in [-0.05, 0) is 13.8 Å². The lowest BCUT2D eigenvalue weighted by Gasteiger charge is -2.27. The summed E-state index contributed by atoms with van der Waals surface area (Å²) >= 11 is 0. The lowest BCUT2D eigenvalue weighted by Crippen LogP contribution is -2.47. The summed E-state index contributed by atoms with van der Waals surface area (Å²) in [6.45, 7) is 8.75. The number of rotatable bonds is 10. The van der Waals surface area contributed by atoms with E-state index in [4.69, 9.17) is 4.74 Å². The number of amides is 1. The van der Waals surface area contributed by atoms with Crippen LogP contribution in [0.15, 0.2) is 0 Å². The molecule has 1 aliphatic rings. The highest BCUT2D eigenvalue weighted by Gasteiger charge is 2.13. The minimum Gasteiger partial charge on any atom is -0.378 e. The second kappa shape index (κ2) is 10.1. The molecular formula is C13H28N4O4S. The van der Waals surface area contributed by atoms with Crippen molar-refractivity contribution < 1.29 is 17.9 Å². The first-order valence-corrected chi connectivity index (χ1v) is 9.33. The van der Waals surface area contributed by atoms with Crippen LogP contribution in [0.1, 0.15) is 13.8 Å². The maximum atomic E-state index is 11.7. The average Bonchev–Trinajstić information content (AvgIpc) is 2.46. The molecule has 3 N–H and O–H groups in total. The van der Waals surface area contributed by atoms with Crippen LogP contribution in [0.25, 0.3) is 0 Å². The van der Waals surface area contributed by atoms with Crippen LogP contribution >= 0.6 is 0 Å². The third kappa shape index (κ3) is 9.31. The molecule has 0 aliphatic carbocycles. The van der Waals surface area contributed by atoms with E-state index in [2.05, 4.69) is 20.3 Å². The van der Waals surface area contributed by atoms with E-state index in [0.717, 1.165) is 32.7 Å². The molecule has 8 nitrogen and oxygen atoms in total. The van der Waals surface area contributed by atoms with Crippen molar-refractivity contribution in [3.8, 4) is 0 Å². The Kier molecular flexibility index (Phi) is 8.88. The van der Waals surface area contributed by atoms with Crippen molar-refractivity contribution >= 4 is 15.9 Å². The van der Waals surface area contributed by atoms with E-state index in [-0.39, 0.29) is 30.9 Å². The Hall–Kier alpha value is -0.740. The van der Waals surface area contributed by atoms with Gasteiger partial charge in [-0.15, -0.1) is 0 Å². The summed E-state index contributed by atoms with van der Waals surface area (Å²) < 4.78 is 30.8. The molecule has 0 bridgehead atoms. The topological polar surface area (TPSA) is 99.8 Å². The zero-order chi connectivity index (χ0) is 16.4. The van der Waals surface area contributed by atoms with Crippen LogP contribution in [0.5, 0.6) is 0 Å². The van der Waals surface area contributed by atoms with Crippen molar-refractivity contribution in [1.29, 1.82) is 0 Å². The van der Waals surface area contributed by atoms with Gasteiger partial charge in [-0.3, -0.25) is 9.69 Å². The number of nitrogens with zero attached hydrogens (tertiary/aromatic N) is 1. The molecule has 1 fully saturated rings. The summed E-state index contributed by atoms with van der Waals surface area (Å²) in [4.78, 5) is 13.9. The highest BCUT2D eigenvalue weighted by atomic mass is 32.2. The van der Waals surface area contributed by atoms with Crippen LogP contribution in [-0.4, -0.2) is 83.5 Å². The monoisotopic (exact) mass is 336 g/mol. The Labute approximate surface area is 133 Å². The van der Waals surface area contributed by atoms with E-state index in [0.29, 0.717) is 6.54 Å². The number of piperazine rings is 1. The Morgan fingerprint density at radius 1 is 1.32 bits per heavy atom. The number of ether oxygens (including phenoxy) is 1. The number of nitrogens with one attached hydrogen (secondary N) is 3. The molecule has 1 amide bonds. The molecule has 0 saturated carbocycles. The fraction of sp³-hybridized carbons (Fsp3) is 0.923. The number of sulfonamides is 1. The maximum Gasteiger partial charge on any atom is 0.235 e. The van der Waals surface area contributed by atoms with Crippen LogP contribution < -0.4 is 15.4 Å². The maximum absolute atomic E-state index is 11.7. The largest absolute Gasteiger partial charge is 0.378 e. The van der Waals surface area contributed by atoms with Crippen molar-refractivity contribution in [3.63, 3.8) is 0 Å². The molecule has 0 unspecified atom stereocenters. The second-order valence-corrected chi connectivity index (χ2v) is 7.43. The van der Waals surface area contributed by atoms with E-state index in [9.17, 15) is 13.2 Å². The Bertz CT molecular complexity index is 422. The van der Waals surface area contributed by atoms with Crippen LogP contribution in [0.2, 0.25) is 0 Å². The van der Waals surface area contributed by atoms with Crippen molar-refractivity contribution in [1.82, 2.24) is 20.3 Å². The normalized spacial score (nSPS) is 16.9. The van der Waals surface area contributed by atoms with E-state index in [1.54, 1.807) is 0 Å². The zero-order valence-corrected chi connectivity index (χ0v) is 14.2. The lowest BCUT2D eigenvalue weighted by molar-refractivity contribution is -0.120. The minimum absolute atomic E-state index is 0.0107. The molecule has 1 heterocycles. The molecular weight excluding hydrogens is 308 g/mol. The highest BCUT2D eigenvalue weighted by molar-refractivity contribution is 7.89. The van der Waals surface area contributed by atoms with Gasteiger partial charge < -0.3 is 15.4 Å². The molecule has 0 spiro atoms. The number of carbonyl (C=O) groups excluding carboxylic acids is 1. The molecule has 22 heavy (non-hydrogen) atoms. The lowest BCUT2D eigenvalue weighted by atomic mass is 10.3. The molecule has 1 aliphatic heterocycles. The van der Waals surface area contributed by atoms with Gasteiger partial charge in [0.2, 0.25) is 15.9 Å². The third-order valence-electron chi connectivity index (χ3n) is 3.22. The van der Waals surface area contributed by atoms with Gasteiger partial charge in [0.15, 0.2) is 0 Å². The second-order valence-electron chi connectivity index (χ2n) is 5.50. The quantitative estimate of drug-likeness (QED) is 0.442. The van der Waals surface area contributed by atoms with Gasteiger partial charge in [0.1, 0.15) is 0 Å². The SMILES string of the molecule is CC(C)OCCS(=O)(=O)NCC(=O)NCCN1CCNCC1. The van der Waals surface area contributed by atoms with Crippen molar-refractivity contribution in [3.05, 3.63) is 0 Å². The Morgan fingerprint density at radius 2 is 2.00 bits per heavy atom. The summed E-state index contributed by atoms with van der Waals surface area (Å²) in [5, 5.41) is 5.98. The Balaban J connectivity index is 2.10. The summed E-state index contributed by atoms with van der Waals surface area (Å²) in [5.74, 6) is -0.456. The summed E-state index contributed by atoms with van der Waals surface area (Å²) in [7, 11) is -3.47. The van der Waals surface area contributed by atoms with E-state index < -0.39 is 10.0 Å². The van der Waals surface area contributed by atoms with E-state index in [1.165, 1.54) is 0 Å². The number of carbonyl (C=O) groups is 1. The average molecular weight is 336 g/mol. The first-order chi connectivity index (χ1) is 10.4. The Morgan fingerprint density at radius 3 is 2.64 bits per heavy atom. The molecule has 0 atom stereocenters. The summed E-state index contributed by atoms with van der Waals surface area (Å²) in [5.41, 5.74) is 0. The van der Waals surface area contributed by atoms with Gasteiger partial charge in [-0.1, -0.05) is 0 Å². The predicted octanol–water partition coefficient (Wildman–Crippen LogP) is -1.65. The zero-order valence-electron chi connectivity index (χ0n) is 13.4. The molecule has 0 aromatic rings. The van der Waals surface area contributed by atoms with E-state index in [1.807, 2.05) is 13.8 Å². The summed E-state index contributed by atoms with van der Waals surface area (Å²) in [6, 6.07) is 0. The summed E-state index contributed by atoms with van der Waals surface area (Å²) in [6.07, 6.45) is -0.0107. The molecule has 0 radical (unpaired) electrons. The van der Waals surface area contributed by atoms with Crippen LogP contribution in [0.3, 0.4) is 0 Å². The fourth-order valence-corrected chi connectivity index (χ4v) is 2.80. The van der Waals surface area contributed by atoms with Crippen molar-refractivity contribution in [2.45, 2.75) is 20.0 Å². The molecule has 130 valence electrons. The highest BCUT2D eigenvalue weighted by Crippen LogP contribution is 1.91. The van der Waals surface area contributed by atoms with Crippen LogP contribution in [0.4, 0.5) is 0 Å². The molecule has 1 rings (SSSR count). The number of hydrogen-bond acceptors (Lipinski definition) is 6. The van der Waals surface area contributed by atoms with Gasteiger partial charge in [0.05, 0.1) is 25.0 Å². The van der Waals surface area contributed by atoms with Crippen LogP contribution in [-0.2, 0) is 19.6 Å². The van der Waals surface area contributed by atoms with E-state index >= 15 is 0 Å². The first-order valence-electron chi connectivity index (χ1n) is 7.68. The molecule has 0 aromatic carbocycles.